The molecule has 0 aromatic heterocycles. The van der Waals surface area contributed by atoms with E-state index < -0.39 is 50.9 Å². The first-order valence-electron chi connectivity index (χ1n) is 10.7. The maximum Gasteiger partial charge on any atom is 0.343 e. The van der Waals surface area contributed by atoms with Crippen molar-refractivity contribution in [2.24, 2.45) is 11.3 Å². The average Bonchev–Trinajstić information content (AvgIpc) is 2.65. The first-order valence-corrected chi connectivity index (χ1v) is 12.7. The Labute approximate surface area is 173 Å². The van der Waals surface area contributed by atoms with E-state index in [-0.39, 0.29) is 17.0 Å². The molecule has 0 saturated carbocycles. The van der Waals surface area contributed by atoms with Crippen LogP contribution >= 0.6 is 0 Å². The Bertz CT molecular complexity index is 658. The molecule has 4 aliphatic rings. The molecule has 4 rings (SSSR count). The van der Waals surface area contributed by atoms with E-state index in [9.17, 15) is 14.0 Å². The van der Waals surface area contributed by atoms with Crippen molar-refractivity contribution in [1.82, 2.24) is 0 Å². The second-order valence-electron chi connectivity index (χ2n) is 9.02. The van der Waals surface area contributed by atoms with E-state index in [2.05, 4.69) is 27.7 Å². The lowest BCUT2D eigenvalue weighted by molar-refractivity contribution is -0.204. The van der Waals surface area contributed by atoms with E-state index in [0.717, 1.165) is 0 Å². The summed E-state index contributed by atoms with van der Waals surface area (Å²) in [6.07, 6.45) is 2.91. The molecule has 3 aliphatic heterocycles. The lowest BCUT2D eigenvalue weighted by Crippen LogP contribution is -2.67. The summed E-state index contributed by atoms with van der Waals surface area (Å²) in [6, 6.07) is 0. The van der Waals surface area contributed by atoms with Crippen molar-refractivity contribution in [3.8, 4) is 0 Å². The summed E-state index contributed by atoms with van der Waals surface area (Å²) >= 11 is 0. The fraction of sp³-hybridized carbons (Fsp3) is 0.810. The third kappa shape index (κ3) is 3.68. The molecule has 8 heteroatoms. The van der Waals surface area contributed by atoms with Crippen LogP contribution in [0.5, 0.6) is 0 Å². The van der Waals surface area contributed by atoms with Crippen LogP contribution < -0.4 is 0 Å². The van der Waals surface area contributed by atoms with Gasteiger partial charge in [0, 0.05) is 18.9 Å². The van der Waals surface area contributed by atoms with Gasteiger partial charge in [-0.2, -0.15) is 0 Å². The normalized spacial score (nSPS) is 36.7. The number of hydrogen-bond donors (Lipinski definition) is 0. The molecule has 1 aliphatic carbocycles. The van der Waals surface area contributed by atoms with Crippen LogP contribution in [0.1, 0.15) is 53.9 Å². The first-order chi connectivity index (χ1) is 13.7. The van der Waals surface area contributed by atoms with Gasteiger partial charge in [-0.15, -0.1) is 0 Å². The zero-order valence-electron chi connectivity index (χ0n) is 18.0. The molecule has 0 N–H and O–H groups in total. The Morgan fingerprint density at radius 3 is 2.41 bits per heavy atom. The molecule has 0 aromatic carbocycles. The van der Waals surface area contributed by atoms with Crippen LogP contribution in [0, 0.1) is 11.3 Å². The molecule has 29 heavy (non-hydrogen) atoms. The molecule has 0 amide bonds. The molecule has 2 saturated heterocycles. The number of fused-ring (bicyclic) bond motifs is 1. The number of rotatable bonds is 5. The van der Waals surface area contributed by atoms with Crippen LogP contribution in [0.2, 0.25) is 11.1 Å². The highest BCUT2D eigenvalue weighted by molar-refractivity contribution is 6.70. The minimum Gasteiger partial charge on any atom is -0.461 e. The van der Waals surface area contributed by atoms with Gasteiger partial charge in [0.05, 0.1) is 12.8 Å². The molecule has 1 spiro atoms. The van der Waals surface area contributed by atoms with E-state index in [1.54, 1.807) is 19.1 Å². The molecular weight excluding hydrogens is 395 g/mol. The van der Waals surface area contributed by atoms with E-state index in [1.165, 1.54) is 0 Å². The van der Waals surface area contributed by atoms with Gasteiger partial charge in [-0.3, -0.25) is 14.0 Å². The predicted molar refractivity (Wildman–Crippen MR) is 107 cm³/mol. The Hall–Kier alpha value is -1.25. The lowest BCUT2D eigenvalue weighted by atomic mass is 9.66. The molecule has 2 bridgehead atoms. The fourth-order valence-electron chi connectivity index (χ4n) is 4.83. The number of carbonyl (C=O) groups excluding carboxylic acids is 2. The largest absolute Gasteiger partial charge is 0.461 e. The highest BCUT2D eigenvalue weighted by Crippen LogP contribution is 2.51. The van der Waals surface area contributed by atoms with Gasteiger partial charge in [-0.1, -0.05) is 33.8 Å². The van der Waals surface area contributed by atoms with Gasteiger partial charge in [0.25, 0.3) is 0 Å². The van der Waals surface area contributed by atoms with Gasteiger partial charge in [0.1, 0.15) is 12.2 Å². The average molecular weight is 429 g/mol. The number of halogens is 1. The molecule has 2 fully saturated rings. The van der Waals surface area contributed by atoms with Crippen molar-refractivity contribution in [3.05, 3.63) is 12.2 Å². The van der Waals surface area contributed by atoms with Gasteiger partial charge >= 0.3 is 20.5 Å². The van der Waals surface area contributed by atoms with Crippen molar-refractivity contribution >= 4 is 20.5 Å². The standard InChI is InChI=1S/C21H33FO6Si/c1-13(2)29(14(3)4)25-12-9-15(5)26-19(23)21-10-8-17(27-20(21)24)16(7-6-11-22)18(21)28-29/h8,10,13-18H,6-7,9,11-12H2,1-5H3/t15-,16+,17+,18+,21-/m0/s1. The van der Waals surface area contributed by atoms with E-state index in [1.807, 2.05) is 0 Å². The number of hydrogen-bond acceptors (Lipinski definition) is 6. The number of alkyl halides is 1. The van der Waals surface area contributed by atoms with Gasteiger partial charge in [-0.25, -0.2) is 0 Å². The highest BCUT2D eigenvalue weighted by atomic mass is 28.4. The van der Waals surface area contributed by atoms with Crippen molar-refractivity contribution < 1.29 is 32.3 Å². The maximum atomic E-state index is 13.3. The van der Waals surface area contributed by atoms with Crippen LogP contribution in [-0.2, 0) is 27.9 Å². The number of cyclic esters (lactones) is 1. The van der Waals surface area contributed by atoms with Crippen LogP contribution in [0.15, 0.2) is 12.2 Å². The summed E-state index contributed by atoms with van der Waals surface area (Å²) in [5.74, 6) is -1.60. The summed E-state index contributed by atoms with van der Waals surface area (Å²) in [7, 11) is -2.84. The van der Waals surface area contributed by atoms with Crippen molar-refractivity contribution in [2.75, 3.05) is 13.3 Å². The van der Waals surface area contributed by atoms with Crippen molar-refractivity contribution in [1.29, 1.82) is 0 Å². The molecule has 0 aromatic rings. The van der Waals surface area contributed by atoms with E-state index in [4.69, 9.17) is 18.3 Å². The molecular formula is C21H33FO6Si. The molecule has 164 valence electrons. The molecule has 6 nitrogen and oxygen atoms in total. The van der Waals surface area contributed by atoms with Crippen LogP contribution in [0.25, 0.3) is 0 Å². The van der Waals surface area contributed by atoms with E-state index in [0.29, 0.717) is 25.9 Å². The molecule has 5 atom stereocenters. The summed E-state index contributed by atoms with van der Waals surface area (Å²) < 4.78 is 37.4. The summed E-state index contributed by atoms with van der Waals surface area (Å²) in [6.45, 7) is 10.0. The minimum absolute atomic E-state index is 0.104. The number of ether oxygens (including phenoxy) is 2. The summed E-state index contributed by atoms with van der Waals surface area (Å²) in [4.78, 5) is 26.3. The summed E-state index contributed by atoms with van der Waals surface area (Å²) in [5.41, 5.74) is -1.45. The van der Waals surface area contributed by atoms with E-state index >= 15 is 0 Å². The second kappa shape index (κ2) is 8.47. The molecule has 0 radical (unpaired) electrons. The predicted octanol–water partition coefficient (Wildman–Crippen LogP) is 3.83. The minimum atomic E-state index is -2.84. The first kappa shape index (κ1) is 22.4. The Morgan fingerprint density at radius 1 is 1.17 bits per heavy atom. The second-order valence-corrected chi connectivity index (χ2v) is 13.3. The third-order valence-corrected chi connectivity index (χ3v) is 11.0. The third-order valence-electron chi connectivity index (χ3n) is 6.48. The van der Waals surface area contributed by atoms with Crippen LogP contribution in [0.4, 0.5) is 4.39 Å². The Kier molecular flexibility index (Phi) is 6.55. The quantitative estimate of drug-likeness (QED) is 0.287. The summed E-state index contributed by atoms with van der Waals surface area (Å²) in [5, 5.41) is 0. The van der Waals surface area contributed by atoms with Gasteiger partial charge in [-0.05, 0) is 36.9 Å². The van der Waals surface area contributed by atoms with Gasteiger partial charge in [0.2, 0.25) is 5.41 Å². The fourth-order valence-corrected chi connectivity index (χ4v) is 8.64. The Morgan fingerprint density at radius 2 is 1.83 bits per heavy atom. The van der Waals surface area contributed by atoms with Gasteiger partial charge in [0.15, 0.2) is 0 Å². The van der Waals surface area contributed by atoms with Crippen LogP contribution in [0.3, 0.4) is 0 Å². The SMILES string of the molecule is CC(C)[Si]1(C(C)C)OCC[C@H](C)OC(=O)[C@@]23C=C[C@@H](OC2=O)[C@@H](CCCF)[C@H]3O1. The molecule has 0 unspecified atom stereocenters. The zero-order valence-corrected chi connectivity index (χ0v) is 19.0. The monoisotopic (exact) mass is 428 g/mol. The Balaban J connectivity index is 2.13. The molecule has 3 heterocycles. The van der Waals surface area contributed by atoms with Crippen molar-refractivity contribution in [3.63, 3.8) is 0 Å². The van der Waals surface area contributed by atoms with Gasteiger partial charge < -0.3 is 18.3 Å². The highest BCUT2D eigenvalue weighted by Gasteiger charge is 2.66. The lowest BCUT2D eigenvalue weighted by Gasteiger charge is -2.53. The number of carbonyl (C=O) groups is 2. The maximum absolute atomic E-state index is 13.3. The number of esters is 2. The topological polar surface area (TPSA) is 71.1 Å². The van der Waals surface area contributed by atoms with Crippen molar-refractivity contribution in [2.45, 2.75) is 83.3 Å². The smallest absolute Gasteiger partial charge is 0.343 e. The van der Waals surface area contributed by atoms with Crippen LogP contribution in [-0.4, -0.2) is 52.1 Å². The zero-order chi connectivity index (χ0) is 21.4.